The minimum atomic E-state index is -0.0208. The van der Waals surface area contributed by atoms with Crippen LogP contribution in [0, 0.1) is 11.3 Å². The molecular weight excluding hydrogens is 366 g/mol. The third kappa shape index (κ3) is 4.07. The van der Waals surface area contributed by atoms with Gasteiger partial charge in [0.25, 0.3) is 5.91 Å². The van der Waals surface area contributed by atoms with E-state index in [0.29, 0.717) is 18.0 Å². The Bertz CT molecular complexity index is 413. The second-order valence-electron chi connectivity index (χ2n) is 5.06. The average Bonchev–Trinajstić information content (AvgIpc) is 2.54. The van der Waals surface area contributed by atoms with Crippen molar-refractivity contribution in [1.29, 1.82) is 0 Å². The first-order valence-corrected chi connectivity index (χ1v) is 7.87. The summed E-state index contributed by atoms with van der Waals surface area (Å²) in [4.78, 5) is 12.0. The summed E-state index contributed by atoms with van der Waals surface area (Å²) < 4.78 is 1.82. The van der Waals surface area contributed by atoms with Gasteiger partial charge in [-0.15, -0.1) is 11.3 Å². The van der Waals surface area contributed by atoms with Crippen LogP contribution in [0.5, 0.6) is 0 Å². The summed E-state index contributed by atoms with van der Waals surface area (Å²) in [7, 11) is 0. The van der Waals surface area contributed by atoms with Crippen LogP contribution in [-0.2, 0) is 0 Å². The van der Waals surface area contributed by atoms with Crippen LogP contribution in [0.1, 0.15) is 38.1 Å². The van der Waals surface area contributed by atoms with Gasteiger partial charge in [0.1, 0.15) is 0 Å². The van der Waals surface area contributed by atoms with Crippen LogP contribution in [0.25, 0.3) is 0 Å². The number of nitrogens with one attached hydrogen (secondary N) is 1. The normalized spacial score (nSPS) is 11.9. The lowest BCUT2D eigenvalue weighted by Crippen LogP contribution is -2.36. The first kappa shape index (κ1) is 15.2. The predicted molar refractivity (Wildman–Crippen MR) is 80.7 cm³/mol. The van der Waals surface area contributed by atoms with Gasteiger partial charge in [0.2, 0.25) is 0 Å². The third-order valence-electron chi connectivity index (χ3n) is 3.17. The number of carbonyl (C=O) groups is 1. The van der Waals surface area contributed by atoms with E-state index in [1.54, 1.807) is 0 Å². The number of carbonyl (C=O) groups excluding carboxylic acids is 1. The highest BCUT2D eigenvalue weighted by Crippen LogP contribution is 2.32. The molecule has 0 fully saturated rings. The van der Waals surface area contributed by atoms with E-state index < -0.39 is 0 Å². The topological polar surface area (TPSA) is 29.1 Å². The zero-order valence-corrected chi connectivity index (χ0v) is 14.4. The zero-order chi connectivity index (χ0) is 13.2. The number of hydrogen-bond donors (Lipinski definition) is 1. The molecule has 1 aromatic heterocycles. The molecule has 1 amide bonds. The van der Waals surface area contributed by atoms with Gasteiger partial charge in [-0.3, -0.25) is 4.79 Å². The van der Waals surface area contributed by atoms with Crippen molar-refractivity contribution < 1.29 is 4.79 Å². The summed E-state index contributed by atoms with van der Waals surface area (Å²) >= 11 is 8.28. The molecule has 1 rings (SSSR count). The molecule has 0 aliphatic carbocycles. The van der Waals surface area contributed by atoms with E-state index in [0.717, 1.165) is 7.57 Å². The maximum atomic E-state index is 12.0. The Morgan fingerprint density at radius 3 is 2.47 bits per heavy atom. The SMILES string of the molecule is CC(C)C(C)(C)CNC(=O)c1cc(Br)sc1Br. The fourth-order valence-corrected chi connectivity index (χ4v) is 3.90. The van der Waals surface area contributed by atoms with Crippen molar-refractivity contribution in [2.45, 2.75) is 27.7 Å². The van der Waals surface area contributed by atoms with Gasteiger partial charge in [0, 0.05) is 6.54 Å². The van der Waals surface area contributed by atoms with E-state index in [1.165, 1.54) is 11.3 Å². The largest absolute Gasteiger partial charge is 0.351 e. The van der Waals surface area contributed by atoms with Crippen LogP contribution in [0.3, 0.4) is 0 Å². The number of rotatable bonds is 4. The molecule has 0 saturated heterocycles. The van der Waals surface area contributed by atoms with E-state index >= 15 is 0 Å². The fraction of sp³-hybridized carbons (Fsp3) is 0.583. The minimum absolute atomic E-state index is 0.0208. The van der Waals surface area contributed by atoms with E-state index in [2.05, 4.69) is 64.9 Å². The smallest absolute Gasteiger partial charge is 0.253 e. The van der Waals surface area contributed by atoms with E-state index in [1.807, 2.05) is 6.07 Å². The summed E-state index contributed by atoms with van der Waals surface area (Å²) in [5.41, 5.74) is 0.802. The standard InChI is InChI=1S/C12H17Br2NOS/c1-7(2)12(3,4)6-15-11(16)8-5-9(13)17-10(8)14/h5,7H,6H2,1-4H3,(H,15,16). The number of thiophene rings is 1. The van der Waals surface area contributed by atoms with Gasteiger partial charge in [0.15, 0.2) is 0 Å². The summed E-state index contributed by atoms with van der Waals surface area (Å²) in [6, 6.07) is 1.84. The maximum absolute atomic E-state index is 12.0. The summed E-state index contributed by atoms with van der Waals surface area (Å²) in [5, 5.41) is 2.99. The minimum Gasteiger partial charge on any atom is -0.351 e. The Morgan fingerprint density at radius 1 is 1.47 bits per heavy atom. The van der Waals surface area contributed by atoms with Gasteiger partial charge < -0.3 is 5.32 Å². The molecule has 0 aliphatic rings. The Balaban J connectivity index is 2.65. The molecule has 1 N–H and O–H groups in total. The lowest BCUT2D eigenvalue weighted by atomic mass is 9.81. The Kier molecular flexibility index (Phi) is 5.22. The van der Waals surface area contributed by atoms with Crippen LogP contribution in [0.4, 0.5) is 0 Å². The van der Waals surface area contributed by atoms with E-state index in [-0.39, 0.29) is 11.3 Å². The monoisotopic (exact) mass is 381 g/mol. The van der Waals surface area contributed by atoms with Gasteiger partial charge in [-0.2, -0.15) is 0 Å². The first-order chi connectivity index (χ1) is 7.74. The molecule has 17 heavy (non-hydrogen) atoms. The van der Waals surface area contributed by atoms with Crippen molar-refractivity contribution in [3.05, 3.63) is 19.2 Å². The highest BCUT2D eigenvalue weighted by atomic mass is 79.9. The molecule has 1 heterocycles. The Morgan fingerprint density at radius 2 is 2.06 bits per heavy atom. The summed E-state index contributed by atoms with van der Waals surface area (Å²) in [6.45, 7) is 9.35. The van der Waals surface area contributed by atoms with Crippen molar-refractivity contribution in [1.82, 2.24) is 5.32 Å². The van der Waals surface area contributed by atoms with Crippen molar-refractivity contribution in [3.8, 4) is 0 Å². The Hall–Kier alpha value is 0.130. The van der Waals surface area contributed by atoms with E-state index in [9.17, 15) is 4.79 Å². The van der Waals surface area contributed by atoms with Gasteiger partial charge in [-0.25, -0.2) is 0 Å². The van der Waals surface area contributed by atoms with Crippen molar-refractivity contribution in [3.63, 3.8) is 0 Å². The van der Waals surface area contributed by atoms with Crippen molar-refractivity contribution in [2.75, 3.05) is 6.54 Å². The second-order valence-corrected chi connectivity index (χ2v) is 8.81. The van der Waals surface area contributed by atoms with Gasteiger partial charge >= 0.3 is 0 Å². The van der Waals surface area contributed by atoms with Crippen LogP contribution in [0.15, 0.2) is 13.6 Å². The van der Waals surface area contributed by atoms with Gasteiger partial charge in [-0.1, -0.05) is 27.7 Å². The highest BCUT2D eigenvalue weighted by Gasteiger charge is 2.24. The highest BCUT2D eigenvalue weighted by molar-refractivity contribution is 9.12. The van der Waals surface area contributed by atoms with Crippen LogP contribution >= 0.6 is 43.2 Å². The maximum Gasteiger partial charge on any atom is 0.253 e. The molecule has 0 unspecified atom stereocenters. The number of halogens is 2. The van der Waals surface area contributed by atoms with Crippen molar-refractivity contribution >= 4 is 49.1 Å². The predicted octanol–water partition coefficient (Wildman–Crippen LogP) is 4.69. The number of amides is 1. The van der Waals surface area contributed by atoms with Gasteiger partial charge in [0.05, 0.1) is 13.1 Å². The molecule has 0 saturated carbocycles. The molecule has 0 atom stereocenters. The number of hydrogen-bond acceptors (Lipinski definition) is 2. The summed E-state index contributed by atoms with van der Waals surface area (Å²) in [6.07, 6.45) is 0. The molecule has 5 heteroatoms. The molecule has 96 valence electrons. The van der Waals surface area contributed by atoms with Gasteiger partial charge in [-0.05, 0) is 49.3 Å². The van der Waals surface area contributed by atoms with Crippen LogP contribution in [-0.4, -0.2) is 12.5 Å². The van der Waals surface area contributed by atoms with E-state index in [4.69, 9.17) is 0 Å². The molecule has 0 aromatic carbocycles. The van der Waals surface area contributed by atoms with Crippen LogP contribution in [0.2, 0.25) is 0 Å². The molecule has 1 aromatic rings. The summed E-state index contributed by atoms with van der Waals surface area (Å²) in [5.74, 6) is 0.507. The lowest BCUT2D eigenvalue weighted by molar-refractivity contribution is 0.0924. The zero-order valence-electron chi connectivity index (χ0n) is 10.4. The fourth-order valence-electron chi connectivity index (χ4n) is 1.10. The molecule has 0 radical (unpaired) electrons. The van der Waals surface area contributed by atoms with Crippen LogP contribution < -0.4 is 5.32 Å². The van der Waals surface area contributed by atoms with Crippen molar-refractivity contribution in [2.24, 2.45) is 11.3 Å². The quantitative estimate of drug-likeness (QED) is 0.804. The molecular formula is C12H17Br2NOS. The Labute approximate surface area is 123 Å². The third-order valence-corrected chi connectivity index (χ3v) is 5.51. The molecule has 0 spiro atoms. The lowest BCUT2D eigenvalue weighted by Gasteiger charge is -2.29. The molecule has 0 bridgehead atoms. The molecule has 0 aliphatic heterocycles. The molecule has 2 nitrogen and oxygen atoms in total. The first-order valence-electron chi connectivity index (χ1n) is 5.47. The second kappa shape index (κ2) is 5.85. The average molecular weight is 383 g/mol.